The summed E-state index contributed by atoms with van der Waals surface area (Å²) < 4.78 is 9.72. The maximum absolute atomic E-state index is 12.0. The van der Waals surface area contributed by atoms with Gasteiger partial charge in [-0.25, -0.2) is 0 Å². The molecular formula is C16H23NO4. The Labute approximate surface area is 125 Å². The third kappa shape index (κ3) is 6.29. The first kappa shape index (κ1) is 17.0. The van der Waals surface area contributed by atoms with Crippen LogP contribution in [0.5, 0.6) is 5.75 Å². The summed E-state index contributed by atoms with van der Waals surface area (Å²) in [7, 11) is 4.75. The maximum Gasteiger partial charge on any atom is 0.305 e. The van der Waals surface area contributed by atoms with Crippen molar-refractivity contribution in [2.45, 2.75) is 25.7 Å². The molecule has 0 spiro atoms. The number of carbonyl (C=O) groups excluding carboxylic acids is 2. The standard InChI is InChI=1S/C16H23NO4/c1-17(11-5-8-16(19)21-3)15(18)10-9-13-6-4-7-14(12-13)20-2/h4,6-7,12H,5,8-11H2,1-3H3. The van der Waals surface area contributed by atoms with Gasteiger partial charge in [-0.1, -0.05) is 12.1 Å². The van der Waals surface area contributed by atoms with Crippen molar-refractivity contribution in [3.05, 3.63) is 29.8 Å². The number of rotatable bonds is 8. The lowest BCUT2D eigenvalue weighted by atomic mass is 10.1. The molecule has 0 aliphatic carbocycles. The van der Waals surface area contributed by atoms with E-state index in [0.717, 1.165) is 11.3 Å². The van der Waals surface area contributed by atoms with Crippen LogP contribution < -0.4 is 4.74 Å². The van der Waals surface area contributed by atoms with Gasteiger partial charge in [-0.05, 0) is 30.5 Å². The quantitative estimate of drug-likeness (QED) is 0.688. The second-order valence-corrected chi connectivity index (χ2v) is 4.85. The van der Waals surface area contributed by atoms with Gasteiger partial charge < -0.3 is 14.4 Å². The van der Waals surface area contributed by atoms with E-state index >= 15 is 0 Å². The molecule has 5 heteroatoms. The number of benzene rings is 1. The van der Waals surface area contributed by atoms with E-state index in [1.165, 1.54) is 7.11 Å². The molecule has 0 aliphatic rings. The Bertz CT molecular complexity index is 473. The molecular weight excluding hydrogens is 270 g/mol. The minimum absolute atomic E-state index is 0.0719. The lowest BCUT2D eigenvalue weighted by Gasteiger charge is -2.16. The van der Waals surface area contributed by atoms with E-state index < -0.39 is 0 Å². The van der Waals surface area contributed by atoms with Crippen LogP contribution in [0.15, 0.2) is 24.3 Å². The fraction of sp³-hybridized carbons (Fsp3) is 0.500. The zero-order valence-corrected chi connectivity index (χ0v) is 12.9. The van der Waals surface area contributed by atoms with Crippen molar-refractivity contribution in [3.63, 3.8) is 0 Å². The SMILES string of the molecule is COC(=O)CCCN(C)C(=O)CCc1cccc(OC)c1. The molecule has 0 saturated heterocycles. The van der Waals surface area contributed by atoms with Crippen LogP contribution in [0.2, 0.25) is 0 Å². The Kier molecular flexibility index (Phi) is 7.29. The highest BCUT2D eigenvalue weighted by Gasteiger charge is 2.10. The summed E-state index contributed by atoms with van der Waals surface area (Å²) in [5, 5.41) is 0. The average Bonchev–Trinajstić information content (AvgIpc) is 2.52. The molecule has 0 bridgehead atoms. The van der Waals surface area contributed by atoms with Gasteiger partial charge in [0.2, 0.25) is 5.91 Å². The van der Waals surface area contributed by atoms with E-state index in [9.17, 15) is 9.59 Å². The van der Waals surface area contributed by atoms with Crippen molar-refractivity contribution < 1.29 is 19.1 Å². The topological polar surface area (TPSA) is 55.8 Å². The molecule has 0 fully saturated rings. The monoisotopic (exact) mass is 293 g/mol. The van der Waals surface area contributed by atoms with Gasteiger partial charge in [-0.15, -0.1) is 0 Å². The van der Waals surface area contributed by atoms with E-state index in [4.69, 9.17) is 4.74 Å². The minimum atomic E-state index is -0.243. The number of aryl methyl sites for hydroxylation is 1. The average molecular weight is 293 g/mol. The van der Waals surface area contributed by atoms with Crippen LogP contribution in [-0.2, 0) is 20.7 Å². The Balaban J connectivity index is 2.33. The maximum atomic E-state index is 12.0. The second-order valence-electron chi connectivity index (χ2n) is 4.85. The van der Waals surface area contributed by atoms with Gasteiger partial charge in [0.25, 0.3) is 0 Å². The molecule has 5 nitrogen and oxygen atoms in total. The highest BCUT2D eigenvalue weighted by atomic mass is 16.5. The highest BCUT2D eigenvalue weighted by molar-refractivity contribution is 5.76. The zero-order valence-electron chi connectivity index (χ0n) is 12.9. The van der Waals surface area contributed by atoms with Crippen LogP contribution >= 0.6 is 0 Å². The molecule has 0 unspecified atom stereocenters. The lowest BCUT2D eigenvalue weighted by Crippen LogP contribution is -2.28. The number of carbonyl (C=O) groups is 2. The van der Waals surface area contributed by atoms with E-state index in [0.29, 0.717) is 32.2 Å². The first-order valence-corrected chi connectivity index (χ1v) is 7.00. The summed E-state index contributed by atoms with van der Waals surface area (Å²) in [6.07, 6.45) is 2.08. The van der Waals surface area contributed by atoms with Crippen LogP contribution in [-0.4, -0.2) is 44.6 Å². The second kappa shape index (κ2) is 9.00. The van der Waals surface area contributed by atoms with E-state index in [1.54, 1.807) is 19.1 Å². The molecule has 116 valence electrons. The molecule has 0 heterocycles. The largest absolute Gasteiger partial charge is 0.497 e. The molecule has 0 radical (unpaired) electrons. The van der Waals surface area contributed by atoms with Crippen LogP contribution in [0, 0.1) is 0 Å². The normalized spacial score (nSPS) is 10.0. The van der Waals surface area contributed by atoms with Gasteiger partial charge >= 0.3 is 5.97 Å². The Hall–Kier alpha value is -2.04. The zero-order chi connectivity index (χ0) is 15.7. The number of ether oxygens (including phenoxy) is 2. The fourth-order valence-electron chi connectivity index (χ4n) is 1.96. The van der Waals surface area contributed by atoms with Crippen molar-refractivity contribution in [3.8, 4) is 5.75 Å². The van der Waals surface area contributed by atoms with Crippen molar-refractivity contribution in [2.75, 3.05) is 27.8 Å². The van der Waals surface area contributed by atoms with Gasteiger partial charge in [0.1, 0.15) is 5.75 Å². The summed E-state index contributed by atoms with van der Waals surface area (Å²) in [6.45, 7) is 0.562. The lowest BCUT2D eigenvalue weighted by molar-refractivity contribution is -0.141. The van der Waals surface area contributed by atoms with Crippen LogP contribution in [0.3, 0.4) is 0 Å². The first-order chi connectivity index (χ1) is 10.1. The van der Waals surface area contributed by atoms with Gasteiger partial charge in [0, 0.05) is 26.4 Å². The molecule has 0 atom stereocenters. The van der Waals surface area contributed by atoms with E-state index in [2.05, 4.69) is 4.74 Å². The van der Waals surface area contributed by atoms with Gasteiger partial charge in [-0.3, -0.25) is 9.59 Å². The molecule has 1 amide bonds. The Morgan fingerprint density at radius 1 is 1.19 bits per heavy atom. The molecule has 1 aromatic rings. The Morgan fingerprint density at radius 3 is 2.62 bits per heavy atom. The third-order valence-corrected chi connectivity index (χ3v) is 3.29. The summed E-state index contributed by atoms with van der Waals surface area (Å²) in [5.41, 5.74) is 1.07. The van der Waals surface area contributed by atoms with Gasteiger partial charge in [0.15, 0.2) is 0 Å². The molecule has 0 aliphatic heterocycles. The molecule has 0 aromatic heterocycles. The van der Waals surface area contributed by atoms with Gasteiger partial charge in [0.05, 0.1) is 14.2 Å². The number of methoxy groups -OCH3 is 2. The number of hydrogen-bond donors (Lipinski definition) is 0. The van der Waals surface area contributed by atoms with E-state index in [1.807, 2.05) is 24.3 Å². The van der Waals surface area contributed by atoms with Crippen LogP contribution in [0.1, 0.15) is 24.8 Å². The van der Waals surface area contributed by atoms with Crippen molar-refractivity contribution in [1.29, 1.82) is 0 Å². The molecule has 0 saturated carbocycles. The summed E-state index contributed by atoms with van der Waals surface area (Å²) in [6, 6.07) is 7.71. The molecule has 0 N–H and O–H groups in total. The molecule has 1 rings (SSSR count). The third-order valence-electron chi connectivity index (χ3n) is 3.29. The van der Waals surface area contributed by atoms with Gasteiger partial charge in [-0.2, -0.15) is 0 Å². The fourth-order valence-corrected chi connectivity index (χ4v) is 1.96. The van der Waals surface area contributed by atoms with Crippen molar-refractivity contribution in [1.82, 2.24) is 4.90 Å². The molecule has 1 aromatic carbocycles. The van der Waals surface area contributed by atoms with Crippen molar-refractivity contribution in [2.24, 2.45) is 0 Å². The summed E-state index contributed by atoms with van der Waals surface area (Å²) >= 11 is 0. The minimum Gasteiger partial charge on any atom is -0.497 e. The number of amides is 1. The first-order valence-electron chi connectivity index (χ1n) is 7.00. The molecule has 21 heavy (non-hydrogen) atoms. The highest BCUT2D eigenvalue weighted by Crippen LogP contribution is 2.14. The number of hydrogen-bond acceptors (Lipinski definition) is 4. The van der Waals surface area contributed by atoms with E-state index in [-0.39, 0.29) is 11.9 Å². The Morgan fingerprint density at radius 2 is 1.95 bits per heavy atom. The summed E-state index contributed by atoms with van der Waals surface area (Å²) in [5.74, 6) is 0.626. The number of esters is 1. The number of nitrogens with zero attached hydrogens (tertiary/aromatic N) is 1. The smallest absolute Gasteiger partial charge is 0.305 e. The van der Waals surface area contributed by atoms with Crippen LogP contribution in [0.25, 0.3) is 0 Å². The predicted molar refractivity (Wildman–Crippen MR) is 80.2 cm³/mol. The predicted octanol–water partition coefficient (Wildman–Crippen LogP) is 2.04. The summed E-state index contributed by atoms with van der Waals surface area (Å²) in [4.78, 5) is 24.6. The van der Waals surface area contributed by atoms with Crippen molar-refractivity contribution >= 4 is 11.9 Å². The van der Waals surface area contributed by atoms with Crippen LogP contribution in [0.4, 0.5) is 0 Å².